The monoisotopic (exact) mass is 397 g/mol. The van der Waals surface area contributed by atoms with Gasteiger partial charge < -0.3 is 14.5 Å². The Labute approximate surface area is 166 Å². The summed E-state index contributed by atoms with van der Waals surface area (Å²) in [5.74, 6) is 0.550. The predicted octanol–water partition coefficient (Wildman–Crippen LogP) is 4.07. The number of methoxy groups -OCH3 is 1. The van der Waals surface area contributed by atoms with E-state index >= 15 is 0 Å². The molecule has 28 heavy (non-hydrogen) atoms. The van der Waals surface area contributed by atoms with Gasteiger partial charge in [-0.15, -0.1) is 10.2 Å². The number of benzene rings is 2. The molecule has 8 heteroatoms. The number of thioether (sulfide) groups is 1. The Balaban J connectivity index is 1.70. The first kappa shape index (κ1) is 19.6. The number of Topliss-reactive ketones (excluding diaryl/α,β-unsaturated/α-hetero) is 1. The van der Waals surface area contributed by atoms with Crippen LogP contribution in [0.3, 0.4) is 0 Å². The van der Waals surface area contributed by atoms with Crippen molar-refractivity contribution in [2.75, 3.05) is 12.4 Å². The number of hydrogen-bond donors (Lipinski definition) is 1. The average Bonchev–Trinajstić information content (AvgIpc) is 3.16. The fraction of sp³-hybridized carbons (Fsp3) is 0.200. The average molecular weight is 397 g/mol. The SMILES string of the molecule is COc1ccccc1-c1nnc(SC(C)C(=O)Nc2ccccc2C(C)=O)o1. The molecule has 1 heterocycles. The van der Waals surface area contributed by atoms with E-state index in [9.17, 15) is 9.59 Å². The summed E-state index contributed by atoms with van der Waals surface area (Å²) >= 11 is 1.14. The van der Waals surface area contributed by atoms with Gasteiger partial charge in [0.15, 0.2) is 5.78 Å². The van der Waals surface area contributed by atoms with Crippen LogP contribution >= 0.6 is 11.8 Å². The van der Waals surface area contributed by atoms with Gasteiger partial charge in [-0.2, -0.15) is 0 Å². The van der Waals surface area contributed by atoms with Crippen molar-refractivity contribution in [1.29, 1.82) is 0 Å². The van der Waals surface area contributed by atoms with Gasteiger partial charge in [-0.1, -0.05) is 36.0 Å². The number of carbonyl (C=O) groups excluding carboxylic acids is 2. The highest BCUT2D eigenvalue weighted by Gasteiger charge is 2.21. The molecule has 3 rings (SSSR count). The van der Waals surface area contributed by atoms with Gasteiger partial charge in [-0.25, -0.2) is 0 Å². The van der Waals surface area contributed by atoms with Crippen LogP contribution < -0.4 is 10.1 Å². The van der Waals surface area contributed by atoms with Crippen molar-refractivity contribution in [3.63, 3.8) is 0 Å². The van der Waals surface area contributed by atoms with Crippen LogP contribution in [0, 0.1) is 0 Å². The summed E-state index contributed by atoms with van der Waals surface area (Å²) in [7, 11) is 1.57. The van der Waals surface area contributed by atoms with Gasteiger partial charge in [0, 0.05) is 5.56 Å². The van der Waals surface area contributed by atoms with Crippen LogP contribution in [0.5, 0.6) is 5.75 Å². The quantitative estimate of drug-likeness (QED) is 0.474. The van der Waals surface area contributed by atoms with Gasteiger partial charge in [0.05, 0.1) is 23.6 Å². The van der Waals surface area contributed by atoms with Crippen molar-refractivity contribution in [3.8, 4) is 17.2 Å². The molecule has 2 aromatic carbocycles. The molecule has 0 aliphatic rings. The third-order valence-electron chi connectivity index (χ3n) is 3.95. The molecule has 1 N–H and O–H groups in total. The summed E-state index contributed by atoms with van der Waals surface area (Å²) in [6.07, 6.45) is 0. The number of anilines is 1. The molecule has 0 radical (unpaired) electrons. The molecule has 0 spiro atoms. The van der Waals surface area contributed by atoms with Gasteiger partial charge in [0.2, 0.25) is 5.91 Å². The number of ether oxygens (including phenoxy) is 1. The second kappa shape index (κ2) is 8.71. The third-order valence-corrected chi connectivity index (χ3v) is 4.89. The molecule has 144 valence electrons. The third kappa shape index (κ3) is 4.40. The molecular weight excluding hydrogens is 378 g/mol. The number of para-hydroxylation sites is 2. The normalized spacial score (nSPS) is 11.7. The van der Waals surface area contributed by atoms with Crippen LogP contribution in [0.15, 0.2) is 58.2 Å². The lowest BCUT2D eigenvalue weighted by Crippen LogP contribution is -2.23. The number of hydrogen-bond acceptors (Lipinski definition) is 7. The first-order valence-electron chi connectivity index (χ1n) is 8.54. The fourth-order valence-electron chi connectivity index (χ4n) is 2.53. The van der Waals surface area contributed by atoms with E-state index in [-0.39, 0.29) is 16.9 Å². The Morgan fingerprint density at radius 2 is 1.82 bits per heavy atom. The zero-order valence-electron chi connectivity index (χ0n) is 15.6. The standard InChI is InChI=1S/C20H19N3O4S/c1-12(24)14-8-4-6-10-16(14)21-18(25)13(2)28-20-23-22-19(27-20)15-9-5-7-11-17(15)26-3/h4-11,13H,1-3H3,(H,21,25). The summed E-state index contributed by atoms with van der Waals surface area (Å²) in [5, 5.41) is 10.6. The molecule has 3 aromatic rings. The number of carbonyl (C=O) groups is 2. The fourth-order valence-corrected chi connectivity index (χ4v) is 3.21. The minimum absolute atomic E-state index is 0.116. The lowest BCUT2D eigenvalue weighted by atomic mass is 10.1. The molecule has 1 atom stereocenters. The molecule has 7 nitrogen and oxygen atoms in total. The van der Waals surface area contributed by atoms with Gasteiger partial charge >= 0.3 is 0 Å². The molecule has 0 aliphatic heterocycles. The molecule has 0 saturated heterocycles. The van der Waals surface area contributed by atoms with Crippen molar-refractivity contribution in [2.24, 2.45) is 0 Å². The topological polar surface area (TPSA) is 94.3 Å². The zero-order chi connectivity index (χ0) is 20.1. The Bertz CT molecular complexity index is 1000. The van der Waals surface area contributed by atoms with E-state index in [0.717, 1.165) is 11.8 Å². The highest BCUT2D eigenvalue weighted by Crippen LogP contribution is 2.31. The second-order valence-electron chi connectivity index (χ2n) is 5.92. The highest BCUT2D eigenvalue weighted by atomic mass is 32.2. The van der Waals surface area contributed by atoms with E-state index in [4.69, 9.17) is 9.15 Å². The Morgan fingerprint density at radius 3 is 2.57 bits per heavy atom. The van der Waals surface area contributed by atoms with Gasteiger partial charge in [-0.3, -0.25) is 9.59 Å². The lowest BCUT2D eigenvalue weighted by Gasteiger charge is -2.12. The van der Waals surface area contributed by atoms with E-state index in [1.165, 1.54) is 6.92 Å². The maximum absolute atomic E-state index is 12.5. The van der Waals surface area contributed by atoms with Crippen LogP contribution in [0.2, 0.25) is 0 Å². The number of amides is 1. The first-order valence-corrected chi connectivity index (χ1v) is 9.42. The van der Waals surface area contributed by atoms with E-state index in [1.807, 2.05) is 18.2 Å². The minimum atomic E-state index is -0.508. The number of aromatic nitrogens is 2. The summed E-state index contributed by atoms with van der Waals surface area (Å²) in [6, 6.07) is 14.2. The van der Waals surface area contributed by atoms with E-state index < -0.39 is 5.25 Å². The summed E-state index contributed by atoms with van der Waals surface area (Å²) in [6.45, 7) is 3.18. The molecule has 1 aromatic heterocycles. The largest absolute Gasteiger partial charge is 0.496 e. The molecule has 0 bridgehead atoms. The van der Waals surface area contributed by atoms with Crippen molar-refractivity contribution in [3.05, 3.63) is 54.1 Å². The molecule has 0 saturated carbocycles. The molecule has 1 amide bonds. The van der Waals surface area contributed by atoms with Crippen LogP contribution in [0.25, 0.3) is 11.5 Å². The predicted molar refractivity (Wildman–Crippen MR) is 107 cm³/mol. The van der Waals surface area contributed by atoms with Crippen molar-refractivity contribution in [1.82, 2.24) is 10.2 Å². The molecule has 1 unspecified atom stereocenters. The Morgan fingerprint density at radius 1 is 1.11 bits per heavy atom. The second-order valence-corrected chi connectivity index (χ2v) is 7.22. The van der Waals surface area contributed by atoms with Crippen LogP contribution in [-0.4, -0.2) is 34.2 Å². The highest BCUT2D eigenvalue weighted by molar-refractivity contribution is 8.00. The van der Waals surface area contributed by atoms with E-state index in [0.29, 0.717) is 28.5 Å². The van der Waals surface area contributed by atoms with Crippen LogP contribution in [-0.2, 0) is 4.79 Å². The van der Waals surface area contributed by atoms with Gasteiger partial charge in [-0.05, 0) is 38.1 Å². The number of nitrogens with one attached hydrogen (secondary N) is 1. The van der Waals surface area contributed by atoms with Crippen LogP contribution in [0.1, 0.15) is 24.2 Å². The Kier molecular flexibility index (Phi) is 6.10. The van der Waals surface area contributed by atoms with Crippen molar-refractivity contribution < 1.29 is 18.7 Å². The van der Waals surface area contributed by atoms with Gasteiger partial charge in [0.25, 0.3) is 11.1 Å². The molecule has 0 aliphatic carbocycles. The lowest BCUT2D eigenvalue weighted by molar-refractivity contribution is -0.115. The number of nitrogens with zero attached hydrogens (tertiary/aromatic N) is 2. The summed E-state index contributed by atoms with van der Waals surface area (Å²) in [4.78, 5) is 24.2. The van der Waals surface area contributed by atoms with Crippen LogP contribution in [0.4, 0.5) is 5.69 Å². The minimum Gasteiger partial charge on any atom is -0.496 e. The number of rotatable bonds is 7. The Hall–Kier alpha value is -3.13. The van der Waals surface area contributed by atoms with E-state index in [1.54, 1.807) is 44.4 Å². The zero-order valence-corrected chi connectivity index (χ0v) is 16.4. The molecule has 0 fully saturated rings. The maximum Gasteiger partial charge on any atom is 0.277 e. The summed E-state index contributed by atoms with van der Waals surface area (Å²) in [5.41, 5.74) is 1.62. The van der Waals surface area contributed by atoms with Gasteiger partial charge in [0.1, 0.15) is 5.75 Å². The maximum atomic E-state index is 12.5. The number of ketones is 1. The first-order chi connectivity index (χ1) is 13.5. The molecular formula is C20H19N3O4S. The van der Waals surface area contributed by atoms with E-state index in [2.05, 4.69) is 15.5 Å². The van der Waals surface area contributed by atoms with Crippen molar-refractivity contribution in [2.45, 2.75) is 24.3 Å². The summed E-state index contributed by atoms with van der Waals surface area (Å²) < 4.78 is 11.0. The smallest absolute Gasteiger partial charge is 0.277 e. The van der Waals surface area contributed by atoms with Crippen molar-refractivity contribution >= 4 is 29.1 Å².